The first-order valence-corrected chi connectivity index (χ1v) is 8.61. The number of nitrogens with two attached hydrogens (primary N) is 1. The maximum absolute atomic E-state index is 12.5. The van der Waals surface area contributed by atoms with Crippen LogP contribution in [0.15, 0.2) is 36.7 Å². The standard InChI is InChI=1S/C18H21N7O/c1-23-11-13(10-20-23)18(26)25-8-6-24(7-9-25)12-16-21-15-5-3-2-4-14(15)17(19)22-16/h2-5,10-11H,6-9,12H2,1H3,(H2,19,21,22). The molecule has 1 aliphatic rings. The summed E-state index contributed by atoms with van der Waals surface area (Å²) < 4.78 is 1.64. The van der Waals surface area contributed by atoms with E-state index in [1.54, 1.807) is 17.1 Å². The molecule has 134 valence electrons. The number of carbonyl (C=O) groups excluding carboxylic acids is 1. The van der Waals surface area contributed by atoms with E-state index in [2.05, 4.69) is 20.0 Å². The topological polar surface area (TPSA) is 93.2 Å². The summed E-state index contributed by atoms with van der Waals surface area (Å²) in [5.41, 5.74) is 7.55. The number of hydrogen-bond donors (Lipinski definition) is 1. The molecule has 1 saturated heterocycles. The van der Waals surface area contributed by atoms with E-state index in [1.165, 1.54) is 0 Å². The van der Waals surface area contributed by atoms with Gasteiger partial charge in [-0.1, -0.05) is 12.1 Å². The van der Waals surface area contributed by atoms with E-state index in [0.717, 1.165) is 24.0 Å². The second-order valence-electron chi connectivity index (χ2n) is 6.51. The quantitative estimate of drug-likeness (QED) is 0.754. The third kappa shape index (κ3) is 3.23. The van der Waals surface area contributed by atoms with Gasteiger partial charge < -0.3 is 10.6 Å². The maximum Gasteiger partial charge on any atom is 0.257 e. The highest BCUT2D eigenvalue weighted by atomic mass is 16.2. The highest BCUT2D eigenvalue weighted by molar-refractivity contribution is 5.93. The minimum atomic E-state index is 0.0314. The van der Waals surface area contributed by atoms with Crippen molar-refractivity contribution in [3.05, 3.63) is 48.0 Å². The van der Waals surface area contributed by atoms with E-state index in [1.807, 2.05) is 36.2 Å². The van der Waals surface area contributed by atoms with Gasteiger partial charge in [-0.2, -0.15) is 5.10 Å². The summed E-state index contributed by atoms with van der Waals surface area (Å²) in [5.74, 6) is 1.26. The number of benzene rings is 1. The molecule has 3 aromatic rings. The van der Waals surface area contributed by atoms with Gasteiger partial charge in [-0.3, -0.25) is 14.4 Å². The molecule has 8 nitrogen and oxygen atoms in total. The predicted octanol–water partition coefficient (Wildman–Crippen LogP) is 0.903. The van der Waals surface area contributed by atoms with Crippen LogP contribution >= 0.6 is 0 Å². The van der Waals surface area contributed by atoms with Crippen molar-refractivity contribution in [3.63, 3.8) is 0 Å². The fourth-order valence-corrected chi connectivity index (χ4v) is 3.25. The van der Waals surface area contributed by atoms with Crippen LogP contribution in [0.4, 0.5) is 5.82 Å². The van der Waals surface area contributed by atoms with Gasteiger partial charge in [-0.05, 0) is 12.1 Å². The van der Waals surface area contributed by atoms with Gasteiger partial charge in [0.25, 0.3) is 5.91 Å². The van der Waals surface area contributed by atoms with Crippen molar-refractivity contribution < 1.29 is 4.79 Å². The number of anilines is 1. The van der Waals surface area contributed by atoms with Gasteiger partial charge in [0.2, 0.25) is 0 Å². The Bertz CT molecular complexity index is 944. The fraction of sp³-hybridized carbons (Fsp3) is 0.333. The molecule has 0 radical (unpaired) electrons. The average Bonchev–Trinajstić information content (AvgIpc) is 3.08. The Morgan fingerprint density at radius 3 is 2.65 bits per heavy atom. The number of nitrogen functional groups attached to an aromatic ring is 1. The highest BCUT2D eigenvalue weighted by Gasteiger charge is 2.23. The summed E-state index contributed by atoms with van der Waals surface area (Å²) in [6.45, 7) is 3.54. The first kappa shape index (κ1) is 16.5. The van der Waals surface area contributed by atoms with Crippen molar-refractivity contribution in [2.24, 2.45) is 7.05 Å². The third-order valence-corrected chi connectivity index (χ3v) is 4.66. The molecule has 0 aliphatic carbocycles. The van der Waals surface area contributed by atoms with Crippen LogP contribution < -0.4 is 5.73 Å². The molecule has 1 fully saturated rings. The van der Waals surface area contributed by atoms with Crippen LogP contribution in [0.3, 0.4) is 0 Å². The van der Waals surface area contributed by atoms with Gasteiger partial charge in [-0.25, -0.2) is 9.97 Å². The van der Waals surface area contributed by atoms with Gasteiger partial charge in [-0.15, -0.1) is 0 Å². The first-order valence-electron chi connectivity index (χ1n) is 8.61. The minimum absolute atomic E-state index is 0.0314. The zero-order chi connectivity index (χ0) is 18.1. The maximum atomic E-state index is 12.5. The number of carbonyl (C=O) groups is 1. The Labute approximate surface area is 151 Å². The summed E-state index contributed by atoms with van der Waals surface area (Å²) in [4.78, 5) is 25.6. The molecule has 4 rings (SSSR count). The van der Waals surface area contributed by atoms with E-state index in [-0.39, 0.29) is 5.91 Å². The molecular weight excluding hydrogens is 330 g/mol. The zero-order valence-corrected chi connectivity index (χ0v) is 14.7. The molecule has 2 aromatic heterocycles. The number of aryl methyl sites for hydroxylation is 1. The normalized spacial score (nSPS) is 15.5. The van der Waals surface area contributed by atoms with Crippen LogP contribution in [0, 0.1) is 0 Å². The van der Waals surface area contributed by atoms with Crippen molar-refractivity contribution in [2.75, 3.05) is 31.9 Å². The van der Waals surface area contributed by atoms with Gasteiger partial charge in [0, 0.05) is 44.8 Å². The zero-order valence-electron chi connectivity index (χ0n) is 14.7. The number of aromatic nitrogens is 4. The fourth-order valence-electron chi connectivity index (χ4n) is 3.25. The van der Waals surface area contributed by atoms with Crippen molar-refractivity contribution >= 4 is 22.6 Å². The van der Waals surface area contributed by atoms with Crippen LogP contribution in [0.5, 0.6) is 0 Å². The molecule has 1 amide bonds. The van der Waals surface area contributed by atoms with E-state index in [4.69, 9.17) is 5.73 Å². The second kappa shape index (κ2) is 6.72. The molecule has 1 aliphatic heterocycles. The lowest BCUT2D eigenvalue weighted by atomic mass is 10.2. The lowest BCUT2D eigenvalue weighted by Crippen LogP contribution is -2.48. The van der Waals surface area contributed by atoms with Crippen molar-refractivity contribution in [1.29, 1.82) is 0 Å². The smallest absolute Gasteiger partial charge is 0.257 e. The van der Waals surface area contributed by atoms with E-state index >= 15 is 0 Å². The molecule has 1 aromatic carbocycles. The van der Waals surface area contributed by atoms with E-state index < -0.39 is 0 Å². The SMILES string of the molecule is Cn1cc(C(=O)N2CCN(Cc3nc(N)c4ccccc4n3)CC2)cn1. The van der Waals surface area contributed by atoms with Gasteiger partial charge in [0.1, 0.15) is 11.6 Å². The molecular formula is C18H21N7O. The summed E-state index contributed by atoms with van der Waals surface area (Å²) in [6.07, 6.45) is 3.36. The van der Waals surface area contributed by atoms with Crippen LogP contribution in [-0.2, 0) is 13.6 Å². The number of fused-ring (bicyclic) bond motifs is 1. The monoisotopic (exact) mass is 351 g/mol. The third-order valence-electron chi connectivity index (χ3n) is 4.66. The van der Waals surface area contributed by atoms with E-state index in [9.17, 15) is 4.79 Å². The Morgan fingerprint density at radius 1 is 1.15 bits per heavy atom. The number of piperazine rings is 1. The Balaban J connectivity index is 1.40. The Morgan fingerprint density at radius 2 is 1.92 bits per heavy atom. The molecule has 26 heavy (non-hydrogen) atoms. The van der Waals surface area contributed by atoms with Crippen LogP contribution in [0.2, 0.25) is 0 Å². The van der Waals surface area contributed by atoms with Gasteiger partial charge >= 0.3 is 0 Å². The van der Waals surface area contributed by atoms with Crippen molar-refractivity contribution in [3.8, 4) is 0 Å². The largest absolute Gasteiger partial charge is 0.383 e. The summed E-state index contributed by atoms with van der Waals surface area (Å²) in [7, 11) is 1.81. The molecule has 0 saturated carbocycles. The molecule has 0 bridgehead atoms. The molecule has 8 heteroatoms. The summed E-state index contributed by atoms with van der Waals surface area (Å²) in [5, 5.41) is 4.94. The summed E-state index contributed by atoms with van der Waals surface area (Å²) in [6, 6.07) is 7.75. The number of amides is 1. The Hall–Kier alpha value is -3.00. The molecule has 3 heterocycles. The lowest BCUT2D eigenvalue weighted by molar-refractivity contribution is 0.0625. The van der Waals surface area contributed by atoms with Crippen LogP contribution in [0.1, 0.15) is 16.2 Å². The molecule has 2 N–H and O–H groups in total. The van der Waals surface area contributed by atoms with Crippen LogP contribution in [-0.4, -0.2) is 61.6 Å². The summed E-state index contributed by atoms with van der Waals surface area (Å²) >= 11 is 0. The molecule has 0 spiro atoms. The lowest BCUT2D eigenvalue weighted by Gasteiger charge is -2.34. The predicted molar refractivity (Wildman–Crippen MR) is 98.3 cm³/mol. The van der Waals surface area contributed by atoms with Gasteiger partial charge in [0.15, 0.2) is 0 Å². The van der Waals surface area contributed by atoms with Crippen molar-refractivity contribution in [1.82, 2.24) is 29.5 Å². The molecule has 0 atom stereocenters. The van der Waals surface area contributed by atoms with E-state index in [0.29, 0.717) is 36.8 Å². The Kier molecular flexibility index (Phi) is 4.26. The minimum Gasteiger partial charge on any atom is -0.383 e. The highest BCUT2D eigenvalue weighted by Crippen LogP contribution is 2.18. The number of para-hydroxylation sites is 1. The number of nitrogens with zero attached hydrogens (tertiary/aromatic N) is 6. The first-order chi connectivity index (χ1) is 12.6. The number of hydrogen-bond acceptors (Lipinski definition) is 6. The van der Waals surface area contributed by atoms with Crippen molar-refractivity contribution in [2.45, 2.75) is 6.54 Å². The number of rotatable bonds is 3. The second-order valence-corrected chi connectivity index (χ2v) is 6.51. The van der Waals surface area contributed by atoms with Crippen LogP contribution in [0.25, 0.3) is 10.9 Å². The average molecular weight is 351 g/mol. The molecule has 0 unspecified atom stereocenters. The van der Waals surface area contributed by atoms with Gasteiger partial charge in [0.05, 0.1) is 23.8 Å².